The van der Waals surface area contributed by atoms with E-state index in [1.807, 2.05) is 59.4 Å². The van der Waals surface area contributed by atoms with Crippen molar-refractivity contribution in [2.24, 2.45) is 0 Å². The molecule has 0 fully saturated rings. The van der Waals surface area contributed by atoms with E-state index in [-0.39, 0.29) is 6.03 Å². The Kier molecular flexibility index (Phi) is 5.14. The van der Waals surface area contributed by atoms with Gasteiger partial charge >= 0.3 is 6.03 Å². The summed E-state index contributed by atoms with van der Waals surface area (Å²) in [6, 6.07) is 17.7. The third kappa shape index (κ3) is 4.47. The van der Waals surface area contributed by atoms with E-state index in [0.717, 1.165) is 16.8 Å². The summed E-state index contributed by atoms with van der Waals surface area (Å²) in [5, 5.41) is 7.12. The molecule has 3 rings (SSSR count). The quantitative estimate of drug-likeness (QED) is 0.769. The largest absolute Gasteiger partial charge is 0.323 e. The van der Waals surface area contributed by atoms with E-state index in [2.05, 4.69) is 23.4 Å². The van der Waals surface area contributed by atoms with Crippen LogP contribution >= 0.6 is 0 Å². The molecule has 0 spiro atoms. The zero-order valence-electron chi connectivity index (χ0n) is 14.5. The number of carbonyl (C=O) groups excluding carboxylic acids is 1. The lowest BCUT2D eigenvalue weighted by molar-refractivity contribution is 0.220. The Bertz CT molecular complexity index is 825. The molecule has 5 nitrogen and oxygen atoms in total. The molecule has 0 aliphatic heterocycles. The molecule has 1 heterocycles. The zero-order valence-corrected chi connectivity index (χ0v) is 14.5. The molecule has 5 heteroatoms. The number of amides is 2. The summed E-state index contributed by atoms with van der Waals surface area (Å²) < 4.78 is 1.86. The Hall–Kier alpha value is -3.08. The predicted octanol–water partition coefficient (Wildman–Crippen LogP) is 3.90. The highest BCUT2D eigenvalue weighted by Gasteiger charge is 2.10. The van der Waals surface area contributed by atoms with Crippen LogP contribution in [0.15, 0.2) is 67.0 Å². The molecular weight excluding hydrogens is 312 g/mol. The van der Waals surface area contributed by atoms with Crippen molar-refractivity contribution in [1.29, 1.82) is 0 Å². The minimum absolute atomic E-state index is 0.122. The van der Waals surface area contributed by atoms with Crippen LogP contribution in [0.5, 0.6) is 0 Å². The van der Waals surface area contributed by atoms with Crippen molar-refractivity contribution in [3.63, 3.8) is 0 Å². The Morgan fingerprint density at radius 3 is 2.56 bits per heavy atom. The fraction of sp³-hybridized carbons (Fsp3) is 0.200. The molecule has 1 aromatic heterocycles. The number of carbonyl (C=O) groups is 1. The second kappa shape index (κ2) is 7.66. The molecule has 128 valence electrons. The summed E-state index contributed by atoms with van der Waals surface area (Å²) in [5.74, 6) is 0. The van der Waals surface area contributed by atoms with Crippen molar-refractivity contribution < 1.29 is 4.79 Å². The third-order valence-electron chi connectivity index (χ3n) is 4.12. The number of aromatic nitrogens is 2. The average Bonchev–Trinajstić information content (AvgIpc) is 3.11. The highest BCUT2D eigenvalue weighted by atomic mass is 16.2. The minimum Gasteiger partial charge on any atom is -0.323 e. The first-order valence-electron chi connectivity index (χ1n) is 8.25. The van der Waals surface area contributed by atoms with E-state index in [1.165, 1.54) is 5.56 Å². The van der Waals surface area contributed by atoms with Crippen LogP contribution in [0.3, 0.4) is 0 Å². The topological polar surface area (TPSA) is 50.2 Å². The smallest absolute Gasteiger partial charge is 0.321 e. The lowest BCUT2D eigenvalue weighted by Crippen LogP contribution is -2.31. The second-order valence-electron chi connectivity index (χ2n) is 6.11. The number of anilines is 1. The summed E-state index contributed by atoms with van der Waals surface area (Å²) >= 11 is 0. The Morgan fingerprint density at radius 2 is 1.88 bits per heavy atom. The SMILES string of the molecule is Cc1ccccc1CN(C)C(=O)Nc1ccc(Cn2cccn2)cc1. The normalized spacial score (nSPS) is 10.5. The van der Waals surface area contributed by atoms with Crippen LogP contribution in [-0.2, 0) is 13.1 Å². The van der Waals surface area contributed by atoms with Crippen LogP contribution < -0.4 is 5.32 Å². The number of urea groups is 1. The molecule has 0 aliphatic carbocycles. The van der Waals surface area contributed by atoms with Gasteiger partial charge in [-0.15, -0.1) is 0 Å². The van der Waals surface area contributed by atoms with Crippen molar-refractivity contribution in [2.45, 2.75) is 20.0 Å². The summed E-state index contributed by atoms with van der Waals surface area (Å²) in [5.41, 5.74) is 4.25. The monoisotopic (exact) mass is 334 g/mol. The number of hydrogen-bond acceptors (Lipinski definition) is 2. The van der Waals surface area contributed by atoms with Crippen LogP contribution in [0.1, 0.15) is 16.7 Å². The highest BCUT2D eigenvalue weighted by molar-refractivity contribution is 5.89. The third-order valence-corrected chi connectivity index (χ3v) is 4.12. The molecular formula is C20H22N4O. The molecule has 0 atom stereocenters. The van der Waals surface area contributed by atoms with Crippen molar-refractivity contribution in [3.05, 3.63) is 83.7 Å². The molecule has 0 radical (unpaired) electrons. The van der Waals surface area contributed by atoms with Gasteiger partial charge < -0.3 is 10.2 Å². The van der Waals surface area contributed by atoms with Gasteiger partial charge in [-0.3, -0.25) is 4.68 Å². The lowest BCUT2D eigenvalue weighted by Gasteiger charge is -2.19. The van der Waals surface area contributed by atoms with Crippen molar-refractivity contribution in [2.75, 3.05) is 12.4 Å². The van der Waals surface area contributed by atoms with Gasteiger partial charge in [0.1, 0.15) is 0 Å². The predicted molar refractivity (Wildman–Crippen MR) is 99.4 cm³/mol. The zero-order chi connectivity index (χ0) is 17.6. The van der Waals surface area contributed by atoms with Gasteiger partial charge in [-0.25, -0.2) is 4.79 Å². The second-order valence-corrected chi connectivity index (χ2v) is 6.11. The van der Waals surface area contributed by atoms with Gasteiger partial charge in [0.05, 0.1) is 6.54 Å². The first-order valence-corrected chi connectivity index (χ1v) is 8.25. The standard InChI is InChI=1S/C20H22N4O/c1-16-6-3-4-7-18(16)15-23(2)20(25)22-19-10-8-17(9-11-19)14-24-13-5-12-21-24/h3-13H,14-15H2,1-2H3,(H,22,25). The molecule has 0 unspecified atom stereocenters. The molecule has 3 aromatic rings. The molecule has 2 amide bonds. The van der Waals surface area contributed by atoms with Gasteiger partial charge in [-0.1, -0.05) is 36.4 Å². The van der Waals surface area contributed by atoms with Gasteiger partial charge in [0.2, 0.25) is 0 Å². The maximum absolute atomic E-state index is 12.4. The molecule has 0 bridgehead atoms. The Labute approximate surface area is 147 Å². The number of rotatable bonds is 5. The summed E-state index contributed by atoms with van der Waals surface area (Å²) in [4.78, 5) is 14.1. The fourth-order valence-electron chi connectivity index (χ4n) is 2.61. The van der Waals surface area contributed by atoms with Gasteiger partial charge in [0, 0.05) is 31.7 Å². The number of nitrogens with zero attached hydrogens (tertiary/aromatic N) is 3. The first kappa shape index (κ1) is 16.8. The number of hydrogen-bond donors (Lipinski definition) is 1. The van der Waals surface area contributed by atoms with Crippen LogP contribution in [-0.4, -0.2) is 27.8 Å². The molecule has 2 aromatic carbocycles. The molecule has 0 saturated heterocycles. The molecule has 25 heavy (non-hydrogen) atoms. The molecule has 1 N–H and O–H groups in total. The molecule has 0 aliphatic rings. The van der Waals surface area contributed by atoms with Gasteiger partial charge in [-0.2, -0.15) is 5.10 Å². The lowest BCUT2D eigenvalue weighted by atomic mass is 10.1. The number of benzene rings is 2. The average molecular weight is 334 g/mol. The van der Waals surface area contributed by atoms with E-state index in [1.54, 1.807) is 18.1 Å². The molecule has 0 saturated carbocycles. The van der Waals surface area contributed by atoms with Gasteiger partial charge in [0.15, 0.2) is 0 Å². The van der Waals surface area contributed by atoms with E-state index in [0.29, 0.717) is 13.1 Å². The van der Waals surface area contributed by atoms with Crippen LogP contribution in [0.25, 0.3) is 0 Å². The summed E-state index contributed by atoms with van der Waals surface area (Å²) in [6.45, 7) is 3.35. The number of aryl methyl sites for hydroxylation is 1. The maximum atomic E-state index is 12.4. The maximum Gasteiger partial charge on any atom is 0.321 e. The van der Waals surface area contributed by atoms with Gasteiger partial charge in [-0.05, 0) is 41.8 Å². The minimum atomic E-state index is -0.122. The van der Waals surface area contributed by atoms with E-state index >= 15 is 0 Å². The number of nitrogens with one attached hydrogen (secondary N) is 1. The summed E-state index contributed by atoms with van der Waals surface area (Å²) in [7, 11) is 1.80. The van der Waals surface area contributed by atoms with E-state index in [9.17, 15) is 4.79 Å². The Balaban J connectivity index is 1.57. The van der Waals surface area contributed by atoms with Crippen LogP contribution in [0.4, 0.5) is 10.5 Å². The van der Waals surface area contributed by atoms with E-state index < -0.39 is 0 Å². The summed E-state index contributed by atoms with van der Waals surface area (Å²) in [6.07, 6.45) is 3.69. The van der Waals surface area contributed by atoms with Gasteiger partial charge in [0.25, 0.3) is 0 Å². The van der Waals surface area contributed by atoms with E-state index in [4.69, 9.17) is 0 Å². The van der Waals surface area contributed by atoms with Crippen LogP contribution in [0.2, 0.25) is 0 Å². The van der Waals surface area contributed by atoms with Crippen molar-refractivity contribution in [1.82, 2.24) is 14.7 Å². The fourth-order valence-corrected chi connectivity index (χ4v) is 2.61. The first-order chi connectivity index (χ1) is 12.1. The Morgan fingerprint density at radius 1 is 1.12 bits per heavy atom. The van der Waals surface area contributed by atoms with Crippen molar-refractivity contribution >= 4 is 11.7 Å². The highest BCUT2D eigenvalue weighted by Crippen LogP contribution is 2.13. The van der Waals surface area contributed by atoms with Crippen LogP contribution in [0, 0.1) is 6.92 Å². The van der Waals surface area contributed by atoms with Crippen molar-refractivity contribution in [3.8, 4) is 0 Å².